The van der Waals surface area contributed by atoms with Crippen LogP contribution in [0.4, 0.5) is 17.2 Å². The van der Waals surface area contributed by atoms with Crippen molar-refractivity contribution in [2.24, 2.45) is 0 Å². The number of amides is 1. The maximum atomic E-state index is 12.5. The van der Waals surface area contributed by atoms with Crippen molar-refractivity contribution >= 4 is 23.1 Å². The maximum Gasteiger partial charge on any atom is 0.257 e. The van der Waals surface area contributed by atoms with Gasteiger partial charge in [-0.25, -0.2) is 4.98 Å². The monoisotopic (exact) mass is 386 g/mol. The van der Waals surface area contributed by atoms with Crippen LogP contribution in [0.1, 0.15) is 28.8 Å². The van der Waals surface area contributed by atoms with Crippen LogP contribution < -0.4 is 15.5 Å². The van der Waals surface area contributed by atoms with E-state index in [-0.39, 0.29) is 5.91 Å². The van der Waals surface area contributed by atoms with Crippen molar-refractivity contribution in [2.75, 3.05) is 35.2 Å². The van der Waals surface area contributed by atoms with Gasteiger partial charge >= 0.3 is 0 Å². The van der Waals surface area contributed by atoms with Gasteiger partial charge in [-0.2, -0.15) is 0 Å². The summed E-state index contributed by atoms with van der Waals surface area (Å²) >= 11 is 0. The third-order valence-corrected chi connectivity index (χ3v) is 5.18. The van der Waals surface area contributed by atoms with E-state index in [0.29, 0.717) is 5.56 Å². The average Bonchev–Trinajstić information content (AvgIpc) is 3.30. The molecule has 2 aromatic carbocycles. The molecule has 1 fully saturated rings. The fourth-order valence-corrected chi connectivity index (χ4v) is 3.55. The minimum Gasteiger partial charge on any atom is -0.372 e. The minimum atomic E-state index is -0.151. The van der Waals surface area contributed by atoms with Crippen LogP contribution >= 0.6 is 0 Å². The molecular weight excluding hydrogens is 360 g/mol. The van der Waals surface area contributed by atoms with Crippen molar-refractivity contribution in [1.29, 1.82) is 0 Å². The van der Waals surface area contributed by atoms with Crippen LogP contribution in [-0.2, 0) is 6.42 Å². The predicted octanol–water partition coefficient (Wildman–Crippen LogP) is 4.59. The van der Waals surface area contributed by atoms with Crippen molar-refractivity contribution in [1.82, 2.24) is 4.98 Å². The van der Waals surface area contributed by atoms with E-state index in [2.05, 4.69) is 44.8 Å². The average molecular weight is 386 g/mol. The first kappa shape index (κ1) is 19.0. The van der Waals surface area contributed by atoms with Gasteiger partial charge in [-0.15, -0.1) is 0 Å². The number of nitrogens with zero attached hydrogens (tertiary/aromatic N) is 2. The number of anilines is 3. The van der Waals surface area contributed by atoms with E-state index in [1.807, 2.05) is 36.4 Å². The summed E-state index contributed by atoms with van der Waals surface area (Å²) in [5.41, 5.74) is 3.84. The van der Waals surface area contributed by atoms with Crippen molar-refractivity contribution in [3.8, 4) is 0 Å². The smallest absolute Gasteiger partial charge is 0.257 e. The zero-order chi connectivity index (χ0) is 19.9. The Hall–Kier alpha value is -3.34. The van der Waals surface area contributed by atoms with Crippen LogP contribution in [-0.4, -0.2) is 30.5 Å². The molecule has 2 N–H and O–H groups in total. The Kier molecular flexibility index (Phi) is 6.05. The Morgan fingerprint density at radius 2 is 1.69 bits per heavy atom. The predicted molar refractivity (Wildman–Crippen MR) is 119 cm³/mol. The van der Waals surface area contributed by atoms with Gasteiger partial charge in [0.25, 0.3) is 5.91 Å². The molecule has 1 aliphatic heterocycles. The lowest BCUT2D eigenvalue weighted by Crippen LogP contribution is -2.17. The molecule has 1 aliphatic rings. The van der Waals surface area contributed by atoms with Crippen LogP contribution in [0, 0.1) is 0 Å². The molecule has 2 heterocycles. The first-order chi connectivity index (χ1) is 14.3. The van der Waals surface area contributed by atoms with Gasteiger partial charge in [0.15, 0.2) is 0 Å². The van der Waals surface area contributed by atoms with Crippen molar-refractivity contribution in [3.05, 3.63) is 84.1 Å². The number of hydrogen-bond donors (Lipinski definition) is 2. The summed E-state index contributed by atoms with van der Waals surface area (Å²) < 4.78 is 0. The molecule has 0 spiro atoms. The molecule has 4 rings (SSSR count). The van der Waals surface area contributed by atoms with Crippen LogP contribution in [0.25, 0.3) is 0 Å². The number of carbonyl (C=O) groups is 1. The molecule has 0 aliphatic carbocycles. The van der Waals surface area contributed by atoms with Gasteiger partial charge in [-0.3, -0.25) is 4.79 Å². The van der Waals surface area contributed by atoms with E-state index in [9.17, 15) is 4.79 Å². The van der Waals surface area contributed by atoms with Crippen LogP contribution in [0.5, 0.6) is 0 Å². The Morgan fingerprint density at radius 1 is 0.931 bits per heavy atom. The molecule has 148 valence electrons. The van der Waals surface area contributed by atoms with E-state index in [4.69, 9.17) is 0 Å². The van der Waals surface area contributed by atoms with Crippen molar-refractivity contribution < 1.29 is 4.79 Å². The molecular formula is C24H26N4O. The highest BCUT2D eigenvalue weighted by molar-refractivity contribution is 6.04. The molecule has 1 saturated heterocycles. The van der Waals surface area contributed by atoms with Crippen LogP contribution in [0.3, 0.4) is 0 Å². The zero-order valence-corrected chi connectivity index (χ0v) is 16.5. The Labute approximate surface area is 171 Å². The molecule has 3 aromatic rings. The fraction of sp³-hybridized carbons (Fsp3) is 0.250. The second-order valence-electron chi connectivity index (χ2n) is 7.29. The third kappa shape index (κ3) is 5.13. The fourth-order valence-electron chi connectivity index (χ4n) is 3.55. The molecule has 0 radical (unpaired) electrons. The molecule has 0 unspecified atom stereocenters. The van der Waals surface area contributed by atoms with Gasteiger partial charge in [0, 0.05) is 37.2 Å². The number of carbonyl (C=O) groups excluding carboxylic acids is 1. The lowest BCUT2D eigenvalue weighted by Gasteiger charge is -2.17. The summed E-state index contributed by atoms with van der Waals surface area (Å²) in [6.45, 7) is 3.03. The summed E-state index contributed by atoms with van der Waals surface area (Å²) in [7, 11) is 0. The van der Waals surface area contributed by atoms with E-state index in [1.165, 1.54) is 24.1 Å². The van der Waals surface area contributed by atoms with E-state index < -0.39 is 0 Å². The Bertz CT molecular complexity index is 917. The van der Waals surface area contributed by atoms with E-state index in [0.717, 1.165) is 37.6 Å². The van der Waals surface area contributed by atoms with Gasteiger partial charge < -0.3 is 15.5 Å². The Balaban J connectivity index is 1.28. The van der Waals surface area contributed by atoms with Crippen molar-refractivity contribution in [2.45, 2.75) is 19.3 Å². The number of hydrogen-bond acceptors (Lipinski definition) is 4. The molecule has 5 heteroatoms. The molecule has 1 aromatic heterocycles. The number of pyridine rings is 1. The lowest BCUT2D eigenvalue weighted by molar-refractivity contribution is 0.102. The normalized spacial score (nSPS) is 13.3. The molecule has 0 atom stereocenters. The molecule has 0 saturated carbocycles. The second kappa shape index (κ2) is 9.24. The number of benzene rings is 2. The van der Waals surface area contributed by atoms with Gasteiger partial charge in [-0.05, 0) is 61.2 Å². The maximum absolute atomic E-state index is 12.5. The first-order valence-corrected chi connectivity index (χ1v) is 10.2. The quantitative estimate of drug-likeness (QED) is 0.624. The SMILES string of the molecule is O=C(Nc1ccc(N2CCCC2)cc1)c1ccc(NCCc2ccccc2)nc1. The standard InChI is InChI=1S/C24H26N4O/c29-24(27-21-9-11-22(12-10-21)28-16-4-5-17-28)20-8-13-23(26-18-20)25-15-14-19-6-2-1-3-7-19/h1-3,6-13,18H,4-5,14-17H2,(H,25,26)(H,27,29). The number of aromatic nitrogens is 1. The minimum absolute atomic E-state index is 0.151. The van der Waals surface area contributed by atoms with Crippen molar-refractivity contribution in [3.63, 3.8) is 0 Å². The second-order valence-corrected chi connectivity index (χ2v) is 7.29. The van der Waals surface area contributed by atoms with E-state index in [1.54, 1.807) is 12.3 Å². The lowest BCUT2D eigenvalue weighted by atomic mass is 10.1. The largest absolute Gasteiger partial charge is 0.372 e. The Morgan fingerprint density at radius 3 is 2.38 bits per heavy atom. The van der Waals surface area contributed by atoms with E-state index >= 15 is 0 Å². The first-order valence-electron chi connectivity index (χ1n) is 10.2. The molecule has 5 nitrogen and oxygen atoms in total. The highest BCUT2D eigenvalue weighted by Crippen LogP contribution is 2.22. The summed E-state index contributed by atoms with van der Waals surface area (Å²) in [5, 5.41) is 6.24. The van der Waals surface area contributed by atoms with Crippen LogP contribution in [0.2, 0.25) is 0 Å². The highest BCUT2D eigenvalue weighted by atomic mass is 16.1. The molecule has 1 amide bonds. The topological polar surface area (TPSA) is 57.3 Å². The third-order valence-electron chi connectivity index (χ3n) is 5.18. The van der Waals surface area contributed by atoms with Gasteiger partial charge in [-0.1, -0.05) is 30.3 Å². The number of rotatable bonds is 7. The van der Waals surface area contributed by atoms with Gasteiger partial charge in [0.2, 0.25) is 0 Å². The summed E-state index contributed by atoms with van der Waals surface area (Å²) in [5.74, 6) is 0.620. The van der Waals surface area contributed by atoms with Gasteiger partial charge in [0.05, 0.1) is 5.56 Å². The summed E-state index contributed by atoms with van der Waals surface area (Å²) in [4.78, 5) is 19.2. The highest BCUT2D eigenvalue weighted by Gasteiger charge is 2.12. The molecule has 29 heavy (non-hydrogen) atoms. The summed E-state index contributed by atoms with van der Waals surface area (Å²) in [6, 6.07) is 22.0. The number of nitrogens with one attached hydrogen (secondary N) is 2. The summed E-state index contributed by atoms with van der Waals surface area (Å²) in [6.07, 6.45) is 5.04. The zero-order valence-electron chi connectivity index (χ0n) is 16.5. The van der Waals surface area contributed by atoms with Crippen LogP contribution in [0.15, 0.2) is 72.9 Å². The van der Waals surface area contributed by atoms with Gasteiger partial charge in [0.1, 0.15) is 5.82 Å². The molecule has 0 bridgehead atoms.